The molecule has 25 heavy (non-hydrogen) atoms. The van der Waals surface area contributed by atoms with Crippen molar-refractivity contribution in [2.45, 2.75) is 44.3 Å². The second kappa shape index (κ2) is 8.33. The molecule has 0 aliphatic carbocycles. The van der Waals surface area contributed by atoms with E-state index in [2.05, 4.69) is 9.80 Å². The maximum atomic E-state index is 12.7. The predicted molar refractivity (Wildman–Crippen MR) is 95.5 cm³/mol. The molecule has 4 heterocycles. The van der Waals surface area contributed by atoms with Crippen molar-refractivity contribution in [3.8, 4) is 0 Å². The second-order valence-corrected chi connectivity index (χ2v) is 8.09. The molecule has 0 radical (unpaired) electrons. The van der Waals surface area contributed by atoms with Crippen LogP contribution in [0.25, 0.3) is 0 Å². The Morgan fingerprint density at radius 2 is 1.68 bits per heavy atom. The Morgan fingerprint density at radius 3 is 2.48 bits per heavy atom. The molecule has 0 aromatic rings. The lowest BCUT2D eigenvalue weighted by Gasteiger charge is -2.36. The molecule has 4 rings (SSSR count). The van der Waals surface area contributed by atoms with E-state index in [1.165, 1.54) is 45.3 Å². The molecule has 0 saturated carbocycles. The summed E-state index contributed by atoms with van der Waals surface area (Å²) in [7, 11) is 0. The summed E-state index contributed by atoms with van der Waals surface area (Å²) in [5.41, 5.74) is 0. The molecule has 1 amide bonds. The molecule has 142 valence electrons. The van der Waals surface area contributed by atoms with Gasteiger partial charge in [0.1, 0.15) is 6.10 Å². The Labute approximate surface area is 151 Å². The van der Waals surface area contributed by atoms with Crippen molar-refractivity contribution < 1.29 is 14.3 Å². The number of rotatable bonds is 4. The summed E-state index contributed by atoms with van der Waals surface area (Å²) >= 11 is 0. The number of likely N-dealkylation sites (tertiary alicyclic amines) is 2. The summed E-state index contributed by atoms with van der Waals surface area (Å²) in [5.74, 6) is 0.763. The van der Waals surface area contributed by atoms with Gasteiger partial charge in [-0.2, -0.15) is 0 Å². The van der Waals surface area contributed by atoms with Gasteiger partial charge in [-0.05, 0) is 51.2 Å². The Morgan fingerprint density at radius 1 is 0.920 bits per heavy atom. The number of ether oxygens (including phenoxy) is 2. The van der Waals surface area contributed by atoms with Gasteiger partial charge in [-0.3, -0.25) is 9.69 Å². The maximum Gasteiger partial charge on any atom is 0.251 e. The van der Waals surface area contributed by atoms with Crippen molar-refractivity contribution >= 4 is 5.91 Å². The van der Waals surface area contributed by atoms with Gasteiger partial charge in [-0.15, -0.1) is 0 Å². The highest BCUT2D eigenvalue weighted by Gasteiger charge is 2.43. The zero-order valence-electron chi connectivity index (χ0n) is 15.4. The van der Waals surface area contributed by atoms with Crippen LogP contribution < -0.4 is 0 Å². The number of hydrogen-bond acceptors (Lipinski definition) is 5. The third kappa shape index (κ3) is 4.35. The number of morpholine rings is 1. The Balaban J connectivity index is 1.23. The van der Waals surface area contributed by atoms with E-state index >= 15 is 0 Å². The largest absolute Gasteiger partial charge is 0.378 e. The molecule has 6 nitrogen and oxygen atoms in total. The van der Waals surface area contributed by atoms with E-state index in [1.54, 1.807) is 0 Å². The van der Waals surface area contributed by atoms with Crippen LogP contribution in [0.2, 0.25) is 0 Å². The van der Waals surface area contributed by atoms with Crippen LogP contribution >= 0.6 is 0 Å². The monoisotopic (exact) mass is 351 g/mol. The Kier molecular flexibility index (Phi) is 5.90. The quantitative estimate of drug-likeness (QED) is 0.750. The second-order valence-electron chi connectivity index (χ2n) is 8.09. The number of nitrogens with zero attached hydrogens (tertiary/aromatic N) is 3. The summed E-state index contributed by atoms with van der Waals surface area (Å²) < 4.78 is 11.6. The SMILES string of the molecule is O=C([C@@H]1C[C@@H]2CCN(CCN3CCCCC3)C[C@H]2O1)N1CCOCC1. The van der Waals surface area contributed by atoms with E-state index in [0.717, 1.165) is 39.1 Å². The molecule has 0 aromatic carbocycles. The minimum absolute atomic E-state index is 0.192. The van der Waals surface area contributed by atoms with Gasteiger partial charge in [0, 0.05) is 32.7 Å². The Hall–Kier alpha value is -0.690. The van der Waals surface area contributed by atoms with Crippen molar-refractivity contribution in [2.75, 3.05) is 65.6 Å². The fourth-order valence-corrected chi connectivity index (χ4v) is 4.81. The third-order valence-electron chi connectivity index (χ3n) is 6.42. The number of hydrogen-bond donors (Lipinski definition) is 0. The fraction of sp³-hybridized carbons (Fsp3) is 0.947. The molecule has 4 fully saturated rings. The molecular weight excluding hydrogens is 318 g/mol. The van der Waals surface area contributed by atoms with E-state index in [0.29, 0.717) is 19.1 Å². The summed E-state index contributed by atoms with van der Waals surface area (Å²) in [4.78, 5) is 19.8. The first-order valence-electron chi connectivity index (χ1n) is 10.3. The smallest absolute Gasteiger partial charge is 0.251 e. The van der Waals surface area contributed by atoms with Gasteiger partial charge in [0.15, 0.2) is 0 Å². The predicted octanol–water partition coefficient (Wildman–Crippen LogP) is 0.811. The topological polar surface area (TPSA) is 45.2 Å². The maximum absolute atomic E-state index is 12.7. The van der Waals surface area contributed by atoms with Gasteiger partial charge < -0.3 is 19.3 Å². The van der Waals surface area contributed by atoms with Crippen LogP contribution in [-0.4, -0.2) is 98.4 Å². The minimum atomic E-state index is -0.213. The van der Waals surface area contributed by atoms with Crippen LogP contribution in [0.3, 0.4) is 0 Å². The summed E-state index contributed by atoms with van der Waals surface area (Å²) in [5, 5.41) is 0. The van der Waals surface area contributed by atoms with Crippen LogP contribution in [0, 0.1) is 5.92 Å². The summed E-state index contributed by atoms with van der Waals surface area (Å²) in [6.45, 7) is 9.81. The molecule has 3 atom stereocenters. The average molecular weight is 351 g/mol. The van der Waals surface area contributed by atoms with E-state index in [-0.39, 0.29) is 18.1 Å². The van der Waals surface area contributed by atoms with Gasteiger partial charge in [0.05, 0.1) is 19.3 Å². The molecule has 4 saturated heterocycles. The standard InChI is InChI=1S/C19H33N3O3/c23-19(22-10-12-24-13-11-22)17-14-16-4-7-21(15-18(16)25-17)9-8-20-5-2-1-3-6-20/h16-18H,1-15H2/t16-,17-,18+/m0/s1. The van der Waals surface area contributed by atoms with Crippen LogP contribution in [-0.2, 0) is 14.3 Å². The van der Waals surface area contributed by atoms with Gasteiger partial charge in [-0.25, -0.2) is 0 Å². The summed E-state index contributed by atoms with van der Waals surface area (Å²) in [6, 6.07) is 0. The highest BCUT2D eigenvalue weighted by Crippen LogP contribution is 2.34. The first kappa shape index (κ1) is 17.7. The molecule has 0 unspecified atom stereocenters. The van der Waals surface area contributed by atoms with Gasteiger partial charge >= 0.3 is 0 Å². The molecule has 4 aliphatic heterocycles. The van der Waals surface area contributed by atoms with Crippen LogP contribution in [0.5, 0.6) is 0 Å². The highest BCUT2D eigenvalue weighted by molar-refractivity contribution is 5.81. The number of carbonyl (C=O) groups excluding carboxylic acids is 1. The van der Waals surface area contributed by atoms with E-state index < -0.39 is 0 Å². The van der Waals surface area contributed by atoms with Gasteiger partial charge in [-0.1, -0.05) is 6.42 Å². The van der Waals surface area contributed by atoms with Crippen LogP contribution in [0.4, 0.5) is 0 Å². The number of carbonyl (C=O) groups is 1. The average Bonchev–Trinajstić information content (AvgIpc) is 3.10. The molecule has 0 aromatic heterocycles. The van der Waals surface area contributed by atoms with Crippen molar-refractivity contribution in [3.63, 3.8) is 0 Å². The molecule has 6 heteroatoms. The molecule has 0 N–H and O–H groups in total. The lowest BCUT2D eigenvalue weighted by atomic mass is 9.91. The molecule has 4 aliphatic rings. The molecule has 0 bridgehead atoms. The van der Waals surface area contributed by atoms with Gasteiger partial charge in [0.25, 0.3) is 5.91 Å². The molecular formula is C19H33N3O3. The number of fused-ring (bicyclic) bond motifs is 1. The Bertz CT molecular complexity index is 449. The third-order valence-corrected chi connectivity index (χ3v) is 6.42. The number of piperidine rings is 2. The zero-order chi connectivity index (χ0) is 17.1. The first-order valence-corrected chi connectivity index (χ1v) is 10.3. The van der Waals surface area contributed by atoms with Crippen molar-refractivity contribution in [1.82, 2.24) is 14.7 Å². The lowest BCUT2D eigenvalue weighted by Crippen LogP contribution is -2.47. The van der Waals surface area contributed by atoms with E-state index in [4.69, 9.17) is 9.47 Å². The summed E-state index contributed by atoms with van der Waals surface area (Å²) in [6.07, 6.45) is 6.26. The van der Waals surface area contributed by atoms with Crippen molar-refractivity contribution in [1.29, 1.82) is 0 Å². The number of amides is 1. The van der Waals surface area contributed by atoms with Crippen molar-refractivity contribution in [3.05, 3.63) is 0 Å². The normalized spacial score (nSPS) is 34.9. The van der Waals surface area contributed by atoms with Crippen molar-refractivity contribution in [2.24, 2.45) is 5.92 Å². The van der Waals surface area contributed by atoms with Gasteiger partial charge in [0.2, 0.25) is 0 Å². The fourth-order valence-electron chi connectivity index (χ4n) is 4.81. The lowest BCUT2D eigenvalue weighted by molar-refractivity contribution is -0.147. The highest BCUT2D eigenvalue weighted by atomic mass is 16.5. The zero-order valence-corrected chi connectivity index (χ0v) is 15.4. The van der Waals surface area contributed by atoms with E-state index in [1.807, 2.05) is 4.90 Å². The molecule has 0 spiro atoms. The minimum Gasteiger partial charge on any atom is -0.378 e. The van der Waals surface area contributed by atoms with Crippen LogP contribution in [0.15, 0.2) is 0 Å². The van der Waals surface area contributed by atoms with Crippen LogP contribution in [0.1, 0.15) is 32.1 Å². The van der Waals surface area contributed by atoms with E-state index in [9.17, 15) is 4.79 Å². The first-order chi connectivity index (χ1) is 12.3.